The molecule has 1 aliphatic rings. The van der Waals surface area contributed by atoms with Crippen LogP contribution in [0.3, 0.4) is 0 Å². The minimum Gasteiger partial charge on any atom is -0.376 e. The van der Waals surface area contributed by atoms with Gasteiger partial charge in [-0.2, -0.15) is 0 Å². The van der Waals surface area contributed by atoms with Gasteiger partial charge in [-0.25, -0.2) is 0 Å². The monoisotopic (exact) mass is 156 g/mol. The predicted molar refractivity (Wildman–Crippen MR) is 40.4 cm³/mol. The Morgan fingerprint density at radius 3 is 2.91 bits per heavy atom. The van der Waals surface area contributed by atoms with Gasteiger partial charge in [0.05, 0.1) is 19.8 Å². The van der Waals surface area contributed by atoms with E-state index >= 15 is 0 Å². The third-order valence-corrected chi connectivity index (χ3v) is 1.54. The molecule has 1 saturated heterocycles. The van der Waals surface area contributed by atoms with Crippen LogP contribution >= 0.6 is 0 Å². The molecule has 0 saturated carbocycles. The third-order valence-electron chi connectivity index (χ3n) is 1.54. The molecular weight excluding hydrogens is 144 g/mol. The highest BCUT2D eigenvalue weighted by Crippen LogP contribution is 2.05. The molecule has 1 aliphatic heterocycles. The molecule has 62 valence electrons. The summed E-state index contributed by atoms with van der Waals surface area (Å²) in [5.41, 5.74) is 0. The van der Waals surface area contributed by atoms with Crippen LogP contribution in [0.1, 0.15) is 6.42 Å². The van der Waals surface area contributed by atoms with E-state index in [1.807, 2.05) is 0 Å². The summed E-state index contributed by atoms with van der Waals surface area (Å²) >= 11 is 0. The van der Waals surface area contributed by atoms with Crippen molar-refractivity contribution in [3.8, 4) is 0 Å². The number of ketones is 1. The van der Waals surface area contributed by atoms with Gasteiger partial charge in [0, 0.05) is 6.42 Å². The average Bonchev–Trinajstić information content (AvgIpc) is 1.94. The summed E-state index contributed by atoms with van der Waals surface area (Å²) in [6.07, 6.45) is 1.97. The molecule has 0 spiro atoms. The van der Waals surface area contributed by atoms with Crippen LogP contribution in [0.5, 0.6) is 0 Å². The first kappa shape index (κ1) is 8.43. The molecule has 3 heteroatoms. The second-order valence-corrected chi connectivity index (χ2v) is 2.45. The van der Waals surface area contributed by atoms with E-state index in [0.717, 1.165) is 0 Å². The summed E-state index contributed by atoms with van der Waals surface area (Å²) in [4.78, 5) is 10.7. The number of hydrogen-bond acceptors (Lipinski definition) is 3. The van der Waals surface area contributed by atoms with Gasteiger partial charge in [-0.1, -0.05) is 6.58 Å². The molecule has 0 bridgehead atoms. The maximum atomic E-state index is 10.7. The first-order chi connectivity index (χ1) is 5.33. The van der Waals surface area contributed by atoms with E-state index in [2.05, 4.69) is 6.58 Å². The normalized spacial score (nSPS) is 17.5. The Labute approximate surface area is 66.0 Å². The van der Waals surface area contributed by atoms with Gasteiger partial charge in [0.15, 0.2) is 5.78 Å². The van der Waals surface area contributed by atoms with Crippen molar-refractivity contribution < 1.29 is 14.3 Å². The lowest BCUT2D eigenvalue weighted by molar-refractivity contribution is -0.134. The third kappa shape index (κ3) is 2.82. The lowest BCUT2D eigenvalue weighted by atomic mass is 10.3. The molecule has 1 fully saturated rings. The highest BCUT2D eigenvalue weighted by atomic mass is 16.6. The van der Waals surface area contributed by atoms with Crippen LogP contribution in [0.2, 0.25) is 0 Å². The number of rotatable bonds is 5. The van der Waals surface area contributed by atoms with Crippen molar-refractivity contribution >= 4 is 5.78 Å². The summed E-state index contributed by atoms with van der Waals surface area (Å²) < 4.78 is 10.1. The summed E-state index contributed by atoms with van der Waals surface area (Å²) in [6.45, 7) is 5.19. The number of carbonyl (C=O) groups excluding carboxylic acids is 1. The van der Waals surface area contributed by atoms with Gasteiger partial charge >= 0.3 is 0 Å². The van der Waals surface area contributed by atoms with Crippen LogP contribution in [0.15, 0.2) is 12.7 Å². The van der Waals surface area contributed by atoms with E-state index in [9.17, 15) is 4.79 Å². The Hall–Kier alpha value is -0.670. The molecule has 1 rings (SSSR count). The fourth-order valence-electron chi connectivity index (χ4n) is 0.739. The maximum absolute atomic E-state index is 10.7. The van der Waals surface area contributed by atoms with E-state index in [0.29, 0.717) is 26.2 Å². The van der Waals surface area contributed by atoms with Crippen molar-refractivity contribution in [3.63, 3.8) is 0 Å². The van der Waals surface area contributed by atoms with Gasteiger partial charge in [0.2, 0.25) is 0 Å². The first-order valence-electron chi connectivity index (χ1n) is 3.67. The lowest BCUT2D eigenvalue weighted by Gasteiger charge is -2.25. The summed E-state index contributed by atoms with van der Waals surface area (Å²) in [6, 6.07) is 0. The minimum absolute atomic E-state index is 0.0326. The van der Waals surface area contributed by atoms with Crippen LogP contribution in [0.25, 0.3) is 0 Å². The molecule has 0 atom stereocenters. The largest absolute Gasteiger partial charge is 0.376 e. The molecule has 0 aliphatic carbocycles. The molecule has 0 amide bonds. The van der Waals surface area contributed by atoms with E-state index in [4.69, 9.17) is 9.47 Å². The smallest absolute Gasteiger partial charge is 0.157 e. The molecule has 0 aromatic heterocycles. The maximum Gasteiger partial charge on any atom is 0.157 e. The summed E-state index contributed by atoms with van der Waals surface area (Å²) in [5.74, 6) is 0.0326. The van der Waals surface area contributed by atoms with Crippen LogP contribution in [-0.4, -0.2) is 31.7 Å². The van der Waals surface area contributed by atoms with Gasteiger partial charge in [0.1, 0.15) is 6.10 Å². The fraction of sp³-hybridized carbons (Fsp3) is 0.625. The molecule has 0 unspecified atom stereocenters. The van der Waals surface area contributed by atoms with Crippen LogP contribution in [0, 0.1) is 0 Å². The van der Waals surface area contributed by atoms with Gasteiger partial charge < -0.3 is 9.47 Å². The number of allylic oxidation sites excluding steroid dienone is 1. The predicted octanol–water partition coefficient (Wildman–Crippen LogP) is 0.547. The standard InChI is InChI=1S/C8H12O3/c1-2-7(9)3-4-11-8-5-10-6-8/h2,8H,1,3-6H2. The zero-order valence-electron chi connectivity index (χ0n) is 6.41. The molecule has 0 aromatic rings. The molecule has 0 aromatic carbocycles. The molecule has 1 heterocycles. The van der Waals surface area contributed by atoms with E-state index < -0.39 is 0 Å². The molecule has 0 N–H and O–H groups in total. The number of hydrogen-bond donors (Lipinski definition) is 0. The Morgan fingerprint density at radius 2 is 2.45 bits per heavy atom. The number of carbonyl (C=O) groups is 1. The van der Waals surface area contributed by atoms with Crippen molar-refractivity contribution in [2.24, 2.45) is 0 Å². The topological polar surface area (TPSA) is 35.5 Å². The molecule has 11 heavy (non-hydrogen) atoms. The second-order valence-electron chi connectivity index (χ2n) is 2.45. The summed E-state index contributed by atoms with van der Waals surface area (Å²) in [7, 11) is 0. The lowest BCUT2D eigenvalue weighted by Crippen LogP contribution is -2.36. The van der Waals surface area contributed by atoms with Crippen LogP contribution in [-0.2, 0) is 14.3 Å². The highest BCUT2D eigenvalue weighted by Gasteiger charge is 2.18. The van der Waals surface area contributed by atoms with Gasteiger partial charge in [0.25, 0.3) is 0 Å². The van der Waals surface area contributed by atoms with Gasteiger partial charge in [-0.05, 0) is 6.08 Å². The fourth-order valence-corrected chi connectivity index (χ4v) is 0.739. The number of ether oxygens (including phenoxy) is 2. The Kier molecular flexibility index (Phi) is 3.26. The van der Waals surface area contributed by atoms with Crippen LogP contribution < -0.4 is 0 Å². The van der Waals surface area contributed by atoms with Crippen molar-refractivity contribution in [3.05, 3.63) is 12.7 Å². The second kappa shape index (κ2) is 4.26. The van der Waals surface area contributed by atoms with Crippen molar-refractivity contribution in [1.29, 1.82) is 0 Å². The quantitative estimate of drug-likeness (QED) is 0.545. The van der Waals surface area contributed by atoms with Crippen molar-refractivity contribution in [2.45, 2.75) is 12.5 Å². The van der Waals surface area contributed by atoms with Crippen molar-refractivity contribution in [2.75, 3.05) is 19.8 Å². The Balaban J connectivity index is 1.94. The van der Waals surface area contributed by atoms with Gasteiger partial charge in [-0.15, -0.1) is 0 Å². The first-order valence-corrected chi connectivity index (χ1v) is 3.67. The van der Waals surface area contributed by atoms with E-state index in [-0.39, 0.29) is 11.9 Å². The van der Waals surface area contributed by atoms with E-state index in [1.54, 1.807) is 0 Å². The Bertz CT molecular complexity index is 149. The minimum atomic E-state index is 0.0326. The molecule has 3 nitrogen and oxygen atoms in total. The average molecular weight is 156 g/mol. The Morgan fingerprint density at radius 1 is 1.73 bits per heavy atom. The van der Waals surface area contributed by atoms with Crippen LogP contribution in [0.4, 0.5) is 0 Å². The zero-order chi connectivity index (χ0) is 8.10. The van der Waals surface area contributed by atoms with Crippen molar-refractivity contribution in [1.82, 2.24) is 0 Å². The SMILES string of the molecule is C=CC(=O)CCOC1COC1. The summed E-state index contributed by atoms with van der Waals surface area (Å²) in [5, 5.41) is 0. The van der Waals surface area contributed by atoms with E-state index in [1.165, 1.54) is 6.08 Å². The van der Waals surface area contributed by atoms with Gasteiger partial charge in [-0.3, -0.25) is 4.79 Å². The molecular formula is C8H12O3. The highest BCUT2D eigenvalue weighted by molar-refractivity contribution is 5.89. The zero-order valence-corrected chi connectivity index (χ0v) is 6.41. The molecule has 0 radical (unpaired) electrons.